The van der Waals surface area contributed by atoms with Gasteiger partial charge in [0.15, 0.2) is 0 Å². The van der Waals surface area contributed by atoms with Crippen molar-refractivity contribution in [3.8, 4) is 0 Å². The van der Waals surface area contributed by atoms with Gasteiger partial charge in [0.1, 0.15) is 0 Å². The molecule has 6 heavy (non-hydrogen) atoms. The van der Waals surface area contributed by atoms with E-state index in [9.17, 15) is 0 Å². The van der Waals surface area contributed by atoms with Crippen LogP contribution < -0.4 is 0 Å². The third-order valence-corrected chi connectivity index (χ3v) is 0.944. The van der Waals surface area contributed by atoms with E-state index in [1.807, 2.05) is 0 Å². The van der Waals surface area contributed by atoms with Crippen molar-refractivity contribution in [2.75, 3.05) is 5.33 Å². The number of unbranched alkanes of at least 4 members (excludes halogenated alkanes) is 1. The van der Waals surface area contributed by atoms with Crippen molar-refractivity contribution in [1.29, 1.82) is 0 Å². The van der Waals surface area contributed by atoms with Crippen molar-refractivity contribution in [2.45, 2.75) is 12.8 Å². The average molecular weight is 160 g/mol. The molecule has 0 amide bonds. The van der Waals surface area contributed by atoms with E-state index < -0.39 is 0 Å². The van der Waals surface area contributed by atoms with E-state index in [1.165, 1.54) is 6.42 Å². The molecule has 0 unspecified atom stereocenters. The average Bonchev–Trinajstić information content (AvgIpc) is 1.41. The molecule has 0 aliphatic heterocycles. The molecule has 0 heterocycles. The number of rotatable bonds is 2. The van der Waals surface area contributed by atoms with E-state index in [4.69, 9.17) is 0 Å². The van der Waals surface area contributed by atoms with Crippen molar-refractivity contribution in [3.63, 3.8) is 0 Å². The van der Waals surface area contributed by atoms with Crippen LogP contribution in [0.4, 0.5) is 0 Å². The summed E-state index contributed by atoms with van der Waals surface area (Å²) in [6.07, 6.45) is 2.24. The number of hydrogen-bond donors (Lipinski definition) is 0. The van der Waals surface area contributed by atoms with Crippen molar-refractivity contribution >= 4 is 45.5 Å². The Kier molecular flexibility index (Phi) is 16.9. The number of hydrogen-bond acceptors (Lipinski definition) is 0. The monoisotopic (exact) mass is 159 g/mol. The standard InChI is InChI=1S/C4H8Br.Na.H/c1-2-3-4-5;;/h1-4H2;;. The van der Waals surface area contributed by atoms with Gasteiger partial charge in [-0.05, 0) is 6.42 Å². The normalized spacial score (nSPS) is 7.00. The first-order valence-electron chi connectivity index (χ1n) is 1.77. The van der Waals surface area contributed by atoms with Crippen LogP contribution in [0.15, 0.2) is 0 Å². The van der Waals surface area contributed by atoms with Gasteiger partial charge < -0.3 is 0 Å². The Bertz CT molecular complexity index is 15.0. The van der Waals surface area contributed by atoms with E-state index in [0.717, 1.165) is 11.8 Å². The van der Waals surface area contributed by atoms with Crippen LogP contribution in [0.2, 0.25) is 0 Å². The molecule has 0 aromatic heterocycles. The Morgan fingerprint density at radius 3 is 2.00 bits per heavy atom. The summed E-state index contributed by atoms with van der Waals surface area (Å²) in [5.41, 5.74) is 0. The molecule has 0 aliphatic carbocycles. The van der Waals surface area contributed by atoms with Gasteiger partial charge in [0.05, 0.1) is 0 Å². The van der Waals surface area contributed by atoms with Crippen LogP contribution in [-0.2, 0) is 0 Å². The topological polar surface area (TPSA) is 0 Å². The quantitative estimate of drug-likeness (QED) is 0.422. The minimum absolute atomic E-state index is 0. The Labute approximate surface area is 70.1 Å². The van der Waals surface area contributed by atoms with Crippen LogP contribution >= 0.6 is 15.9 Å². The molecule has 0 aliphatic rings. The predicted octanol–water partition coefficient (Wildman–Crippen LogP) is 1.35. The second-order valence-corrected chi connectivity index (χ2v) is 1.69. The Morgan fingerprint density at radius 2 is 2.00 bits per heavy atom. The second kappa shape index (κ2) is 9.70. The van der Waals surface area contributed by atoms with Gasteiger partial charge in [0.25, 0.3) is 0 Å². The van der Waals surface area contributed by atoms with Crippen molar-refractivity contribution in [3.05, 3.63) is 6.92 Å². The summed E-state index contributed by atoms with van der Waals surface area (Å²) >= 11 is 3.27. The molecule has 33 valence electrons. The fourth-order valence-electron chi connectivity index (χ4n) is 0.0945. The molecule has 0 saturated carbocycles. The molecule has 0 rings (SSSR count). The van der Waals surface area contributed by atoms with Gasteiger partial charge in [-0.25, -0.2) is 0 Å². The third-order valence-electron chi connectivity index (χ3n) is 0.384. The first kappa shape index (κ1) is 10.5. The molecule has 0 bridgehead atoms. The van der Waals surface area contributed by atoms with Crippen molar-refractivity contribution < 1.29 is 0 Å². The van der Waals surface area contributed by atoms with Gasteiger partial charge in [0, 0.05) is 5.33 Å². The third kappa shape index (κ3) is 9.08. The van der Waals surface area contributed by atoms with Crippen LogP contribution in [0.25, 0.3) is 0 Å². The maximum absolute atomic E-state index is 3.65. The second-order valence-electron chi connectivity index (χ2n) is 0.896. The van der Waals surface area contributed by atoms with Crippen LogP contribution in [0.1, 0.15) is 12.8 Å². The SMILES string of the molecule is [CH2]CCCBr.[NaH]. The summed E-state index contributed by atoms with van der Waals surface area (Å²) < 4.78 is 0. The first-order valence-corrected chi connectivity index (χ1v) is 2.89. The zero-order valence-corrected chi connectivity index (χ0v) is 4.79. The summed E-state index contributed by atoms with van der Waals surface area (Å²) in [7, 11) is 0. The number of halogens is 1. The molecular formula is C4H9BrNa. The summed E-state index contributed by atoms with van der Waals surface area (Å²) in [5, 5.41) is 1.09. The number of alkyl halides is 1. The molecule has 0 spiro atoms. The molecule has 0 N–H and O–H groups in total. The van der Waals surface area contributed by atoms with E-state index in [0.29, 0.717) is 0 Å². The van der Waals surface area contributed by atoms with Gasteiger partial charge in [0.2, 0.25) is 0 Å². The van der Waals surface area contributed by atoms with E-state index in [2.05, 4.69) is 22.9 Å². The van der Waals surface area contributed by atoms with Gasteiger partial charge in [-0.3, -0.25) is 0 Å². The minimum atomic E-state index is 0. The summed E-state index contributed by atoms with van der Waals surface area (Å²) in [6.45, 7) is 3.65. The van der Waals surface area contributed by atoms with E-state index in [1.54, 1.807) is 0 Å². The van der Waals surface area contributed by atoms with E-state index in [-0.39, 0.29) is 29.6 Å². The van der Waals surface area contributed by atoms with Gasteiger partial charge in [-0.15, -0.1) is 0 Å². The maximum atomic E-state index is 3.65. The molecule has 1 radical (unpaired) electrons. The molecule has 0 fully saturated rings. The summed E-state index contributed by atoms with van der Waals surface area (Å²) in [6, 6.07) is 0. The Balaban J connectivity index is 0. The molecular weight excluding hydrogens is 151 g/mol. The Morgan fingerprint density at radius 1 is 1.50 bits per heavy atom. The van der Waals surface area contributed by atoms with Crippen LogP contribution in [0, 0.1) is 6.92 Å². The molecule has 0 saturated heterocycles. The summed E-state index contributed by atoms with van der Waals surface area (Å²) in [5.74, 6) is 0. The Hall–Kier alpha value is 1.48. The van der Waals surface area contributed by atoms with E-state index >= 15 is 0 Å². The first-order chi connectivity index (χ1) is 2.41. The van der Waals surface area contributed by atoms with Gasteiger partial charge >= 0.3 is 29.6 Å². The summed E-state index contributed by atoms with van der Waals surface area (Å²) in [4.78, 5) is 0. The zero-order chi connectivity index (χ0) is 4.12. The van der Waals surface area contributed by atoms with Gasteiger partial charge in [-0.2, -0.15) is 0 Å². The fourth-order valence-corrected chi connectivity index (χ4v) is 0.491. The molecule has 0 aromatic rings. The zero-order valence-electron chi connectivity index (χ0n) is 3.21. The molecule has 0 atom stereocenters. The molecule has 0 aromatic carbocycles. The van der Waals surface area contributed by atoms with Gasteiger partial charge in [-0.1, -0.05) is 29.3 Å². The molecule has 2 heteroatoms. The molecule has 0 nitrogen and oxygen atoms in total. The predicted molar refractivity (Wildman–Crippen MR) is 35.5 cm³/mol. The fraction of sp³-hybridized carbons (Fsp3) is 0.750. The van der Waals surface area contributed by atoms with Crippen LogP contribution in [0.5, 0.6) is 0 Å². The van der Waals surface area contributed by atoms with Crippen LogP contribution in [-0.4, -0.2) is 34.9 Å². The van der Waals surface area contributed by atoms with Crippen molar-refractivity contribution in [1.82, 2.24) is 0 Å². The van der Waals surface area contributed by atoms with Crippen molar-refractivity contribution in [2.24, 2.45) is 0 Å². The van der Waals surface area contributed by atoms with Crippen LogP contribution in [0.3, 0.4) is 0 Å².